The molecule has 2 aromatic rings. The molecule has 3 N–H and O–H groups in total. The maximum atomic E-state index is 6.15. The third-order valence-electron chi connectivity index (χ3n) is 2.84. The molecule has 4 nitrogen and oxygen atoms in total. The summed E-state index contributed by atoms with van der Waals surface area (Å²) in [6.07, 6.45) is 0.901. The highest BCUT2D eigenvalue weighted by Gasteiger charge is 2.08. The van der Waals surface area contributed by atoms with Crippen LogP contribution in [0.5, 0.6) is 5.88 Å². The second-order valence-electron chi connectivity index (χ2n) is 4.65. The van der Waals surface area contributed by atoms with E-state index in [1.54, 1.807) is 12.1 Å². The lowest BCUT2D eigenvalue weighted by atomic mass is 10.2. The number of nitrogens with zero attached hydrogens (tertiary/aromatic N) is 1. The van der Waals surface area contributed by atoms with Crippen molar-refractivity contribution in [2.24, 2.45) is 0 Å². The molecule has 6 heteroatoms. The number of aryl methyl sites for hydroxylation is 1. The lowest BCUT2D eigenvalue weighted by Crippen LogP contribution is -2.03. The van der Waals surface area contributed by atoms with Gasteiger partial charge in [-0.2, -0.15) is 4.98 Å². The van der Waals surface area contributed by atoms with E-state index < -0.39 is 0 Å². The first-order valence-electron chi connectivity index (χ1n) is 6.63. The number of rotatable bonds is 5. The number of pyridine rings is 1. The molecular formula is C15H17BrClN3O. The predicted molar refractivity (Wildman–Crippen MR) is 91.6 cm³/mol. The summed E-state index contributed by atoms with van der Waals surface area (Å²) in [6, 6.07) is 7.38. The minimum atomic E-state index is 0.441. The minimum absolute atomic E-state index is 0.441. The third-order valence-corrected chi connectivity index (χ3v) is 3.91. The molecule has 0 aliphatic carbocycles. The van der Waals surface area contributed by atoms with Gasteiger partial charge in [-0.3, -0.25) is 0 Å². The molecule has 112 valence electrons. The molecule has 1 heterocycles. The highest BCUT2D eigenvalue weighted by Crippen LogP contribution is 2.32. The van der Waals surface area contributed by atoms with Gasteiger partial charge >= 0.3 is 0 Å². The van der Waals surface area contributed by atoms with Gasteiger partial charge in [0, 0.05) is 9.50 Å². The highest BCUT2D eigenvalue weighted by molar-refractivity contribution is 9.10. The summed E-state index contributed by atoms with van der Waals surface area (Å²) in [6.45, 7) is 4.57. The first kappa shape index (κ1) is 15.9. The zero-order valence-corrected chi connectivity index (χ0v) is 14.3. The van der Waals surface area contributed by atoms with Gasteiger partial charge in [-0.15, -0.1) is 0 Å². The van der Waals surface area contributed by atoms with E-state index >= 15 is 0 Å². The van der Waals surface area contributed by atoms with E-state index in [4.69, 9.17) is 22.1 Å². The Morgan fingerprint density at radius 3 is 2.86 bits per heavy atom. The zero-order valence-electron chi connectivity index (χ0n) is 11.9. The highest BCUT2D eigenvalue weighted by atomic mass is 79.9. The average Bonchev–Trinajstić information content (AvgIpc) is 2.45. The van der Waals surface area contributed by atoms with Crippen LogP contribution < -0.4 is 15.8 Å². The van der Waals surface area contributed by atoms with Gasteiger partial charge in [0.2, 0.25) is 5.88 Å². The smallest absolute Gasteiger partial charge is 0.239 e. The zero-order chi connectivity index (χ0) is 15.4. The van der Waals surface area contributed by atoms with Crippen molar-refractivity contribution in [1.29, 1.82) is 0 Å². The minimum Gasteiger partial charge on any atom is -0.476 e. The topological polar surface area (TPSA) is 60.2 Å². The fraction of sp³-hybridized carbons (Fsp3) is 0.267. The molecule has 0 bridgehead atoms. The Bertz CT molecular complexity index is 649. The van der Waals surface area contributed by atoms with Gasteiger partial charge in [0.15, 0.2) is 0 Å². The van der Waals surface area contributed by atoms with Crippen molar-refractivity contribution in [2.45, 2.75) is 20.3 Å². The van der Waals surface area contributed by atoms with Crippen LogP contribution in [0.1, 0.15) is 18.9 Å². The number of nitrogen functional groups attached to an aromatic ring is 1. The number of hydrogen-bond acceptors (Lipinski definition) is 4. The molecule has 0 spiro atoms. The monoisotopic (exact) mass is 369 g/mol. The maximum absolute atomic E-state index is 6.15. The largest absolute Gasteiger partial charge is 0.476 e. The number of anilines is 3. The molecule has 0 atom stereocenters. The number of hydrogen-bond donors (Lipinski definition) is 2. The number of ether oxygens (including phenoxy) is 1. The molecule has 0 fully saturated rings. The summed E-state index contributed by atoms with van der Waals surface area (Å²) in [5, 5.41) is 3.90. The Hall–Kier alpha value is -1.46. The van der Waals surface area contributed by atoms with Crippen LogP contribution in [-0.4, -0.2) is 11.6 Å². The van der Waals surface area contributed by atoms with Crippen molar-refractivity contribution >= 4 is 44.7 Å². The summed E-state index contributed by atoms with van der Waals surface area (Å²) < 4.78 is 6.44. The molecule has 0 aliphatic heterocycles. The molecule has 21 heavy (non-hydrogen) atoms. The first-order valence-corrected chi connectivity index (χ1v) is 7.80. The van der Waals surface area contributed by atoms with E-state index in [1.807, 2.05) is 26.0 Å². The lowest BCUT2D eigenvalue weighted by molar-refractivity contribution is 0.307. The van der Waals surface area contributed by atoms with Crippen LogP contribution in [0, 0.1) is 6.92 Å². The van der Waals surface area contributed by atoms with Crippen LogP contribution in [0.15, 0.2) is 28.7 Å². The number of nitrogens with two attached hydrogens (primary N) is 1. The van der Waals surface area contributed by atoms with Crippen LogP contribution >= 0.6 is 27.5 Å². The maximum Gasteiger partial charge on any atom is 0.239 e. The molecule has 1 aromatic heterocycles. The van der Waals surface area contributed by atoms with E-state index in [2.05, 4.69) is 26.2 Å². The van der Waals surface area contributed by atoms with Crippen molar-refractivity contribution in [3.05, 3.63) is 39.3 Å². The van der Waals surface area contributed by atoms with Gasteiger partial charge in [0.25, 0.3) is 0 Å². The summed E-state index contributed by atoms with van der Waals surface area (Å²) in [4.78, 5) is 4.38. The number of benzene rings is 1. The standard InChI is InChI=1S/C15H17BrClN3O/c1-3-6-21-15-12(18)4-5-14(20-15)19-13-8-11(17)9(2)7-10(13)16/h4-5,7-8H,3,6,18H2,1-2H3,(H,19,20). The number of nitrogens with one attached hydrogen (secondary N) is 1. The summed E-state index contributed by atoms with van der Waals surface area (Å²) in [7, 11) is 0. The molecule has 0 unspecified atom stereocenters. The van der Waals surface area contributed by atoms with Gasteiger partial charge in [0.1, 0.15) is 5.82 Å². The summed E-state index contributed by atoms with van der Waals surface area (Å²) in [5.74, 6) is 1.09. The Kier molecular flexibility index (Phi) is 5.31. The molecule has 0 radical (unpaired) electrons. The van der Waals surface area contributed by atoms with Crippen LogP contribution in [0.3, 0.4) is 0 Å². The average molecular weight is 371 g/mol. The van der Waals surface area contributed by atoms with Crippen molar-refractivity contribution in [2.75, 3.05) is 17.7 Å². The summed E-state index contributed by atoms with van der Waals surface area (Å²) in [5.41, 5.74) is 8.22. The van der Waals surface area contributed by atoms with Crippen molar-refractivity contribution < 1.29 is 4.74 Å². The van der Waals surface area contributed by atoms with E-state index in [0.717, 1.165) is 22.1 Å². The van der Waals surface area contributed by atoms with E-state index in [0.29, 0.717) is 29.0 Å². The quantitative estimate of drug-likeness (QED) is 0.784. The van der Waals surface area contributed by atoms with Crippen molar-refractivity contribution in [1.82, 2.24) is 4.98 Å². The molecule has 0 aliphatic rings. The first-order chi connectivity index (χ1) is 10.0. The van der Waals surface area contributed by atoms with Gasteiger partial charge in [0.05, 0.1) is 18.0 Å². The van der Waals surface area contributed by atoms with Crippen LogP contribution in [-0.2, 0) is 0 Å². The van der Waals surface area contributed by atoms with Gasteiger partial charge < -0.3 is 15.8 Å². The van der Waals surface area contributed by atoms with E-state index in [-0.39, 0.29) is 0 Å². The van der Waals surface area contributed by atoms with Gasteiger partial charge in [-0.05, 0) is 59.1 Å². The Morgan fingerprint density at radius 1 is 1.38 bits per heavy atom. The lowest BCUT2D eigenvalue weighted by Gasteiger charge is -2.12. The number of aromatic nitrogens is 1. The van der Waals surface area contributed by atoms with Gasteiger partial charge in [-0.25, -0.2) is 0 Å². The second kappa shape index (κ2) is 7.00. The van der Waals surface area contributed by atoms with E-state index in [1.165, 1.54) is 0 Å². The normalized spacial score (nSPS) is 10.5. The molecule has 0 saturated carbocycles. The molecule has 0 saturated heterocycles. The fourth-order valence-corrected chi connectivity index (χ4v) is 2.44. The van der Waals surface area contributed by atoms with E-state index in [9.17, 15) is 0 Å². The molecule has 1 aromatic carbocycles. The number of halogens is 2. The van der Waals surface area contributed by atoms with Crippen molar-refractivity contribution in [3.8, 4) is 5.88 Å². The Morgan fingerprint density at radius 2 is 2.14 bits per heavy atom. The second-order valence-corrected chi connectivity index (χ2v) is 5.91. The summed E-state index contributed by atoms with van der Waals surface area (Å²) >= 11 is 9.66. The SMILES string of the molecule is CCCOc1nc(Nc2cc(Cl)c(C)cc2Br)ccc1N. The molecular weight excluding hydrogens is 354 g/mol. The predicted octanol–water partition coefficient (Wildman–Crippen LogP) is 4.92. The molecule has 2 rings (SSSR count). The van der Waals surface area contributed by atoms with Crippen LogP contribution in [0.2, 0.25) is 5.02 Å². The van der Waals surface area contributed by atoms with Gasteiger partial charge in [-0.1, -0.05) is 18.5 Å². The Balaban J connectivity index is 2.25. The Labute approximate surface area is 137 Å². The fourth-order valence-electron chi connectivity index (χ4n) is 1.72. The molecule has 0 amide bonds. The van der Waals surface area contributed by atoms with Crippen LogP contribution in [0.25, 0.3) is 0 Å². The third kappa shape index (κ3) is 4.02. The van der Waals surface area contributed by atoms with Crippen molar-refractivity contribution in [3.63, 3.8) is 0 Å². The van der Waals surface area contributed by atoms with Crippen LogP contribution in [0.4, 0.5) is 17.2 Å².